The molecule has 0 saturated carbocycles. The zero-order chi connectivity index (χ0) is 8.85. The molecule has 0 aromatic carbocycles. The number of rotatable bonds is 0. The van der Waals surface area contributed by atoms with Gasteiger partial charge in [-0.1, -0.05) is 11.5 Å². The summed E-state index contributed by atoms with van der Waals surface area (Å²) in [6.07, 6.45) is 0. The average molecular weight is 204 g/mol. The zero-order valence-electron chi connectivity index (χ0n) is 8.34. The zero-order valence-corrected chi connectivity index (χ0v) is 8.57. The number of nitrogens with zero attached hydrogens (tertiary/aromatic N) is 2. The van der Waals surface area contributed by atoms with Gasteiger partial charge in [-0.2, -0.15) is 0 Å². The minimum absolute atomic E-state index is 0. The first-order valence-corrected chi connectivity index (χ1v) is 3.32. The minimum atomic E-state index is -1.50. The maximum absolute atomic E-state index is 10.4. The normalized spacial score (nSPS) is 7.42. The monoisotopic (exact) mass is 204 g/mol. The van der Waals surface area contributed by atoms with Crippen LogP contribution in [0.25, 0.3) is 0 Å². The third kappa shape index (κ3) is 7.50. The van der Waals surface area contributed by atoms with E-state index in [1.54, 1.807) is 22.5 Å². The van der Waals surface area contributed by atoms with Crippen molar-refractivity contribution in [3.63, 3.8) is 0 Å². The van der Waals surface area contributed by atoms with Gasteiger partial charge in [-0.25, -0.2) is 0 Å². The van der Waals surface area contributed by atoms with Crippen molar-refractivity contribution in [3.05, 3.63) is 31.9 Å². The van der Waals surface area contributed by atoms with Crippen molar-refractivity contribution in [3.8, 4) is 0 Å². The van der Waals surface area contributed by atoms with Gasteiger partial charge in [0, 0.05) is 18.5 Å². The second-order valence-corrected chi connectivity index (χ2v) is 2.51. The van der Waals surface area contributed by atoms with Crippen LogP contribution in [0, 0.1) is 10.1 Å². The Bertz CT molecular complexity index is 287. The van der Waals surface area contributed by atoms with Crippen molar-refractivity contribution in [2.24, 2.45) is 7.05 Å². The van der Waals surface area contributed by atoms with Crippen molar-refractivity contribution < 1.29 is 13.1 Å². The number of hydrogen-bond donors (Lipinski definition) is 1. The van der Waals surface area contributed by atoms with E-state index in [1.807, 2.05) is 0 Å². The fraction of sp³-hybridized carbons (Fsp3) is 0.250. The molecule has 0 saturated heterocycles. The van der Waals surface area contributed by atoms with Crippen LogP contribution in [-0.2, 0) is 7.05 Å². The van der Waals surface area contributed by atoms with Crippen molar-refractivity contribution in [2.45, 2.75) is 0 Å². The average Bonchev–Trinajstić information content (AvgIpc) is 2.15. The molecule has 0 aliphatic heterocycles. The molecule has 0 aliphatic carbocycles. The molecule has 1 aromatic rings. The SMILES string of the molecule is Cn1sccc1=O.O=[N+]([O-])O.[H-].[H-].[Mg+2]. The van der Waals surface area contributed by atoms with Gasteiger partial charge in [-0.3, -0.25) is 8.75 Å². The molecule has 8 heteroatoms. The first-order chi connectivity index (χ1) is 5.04. The molecule has 0 atom stereocenters. The Morgan fingerprint density at radius 1 is 1.83 bits per heavy atom. The first-order valence-electron chi connectivity index (χ1n) is 2.48. The summed E-state index contributed by atoms with van der Waals surface area (Å²) < 4.78 is 1.57. The fourth-order valence-corrected chi connectivity index (χ4v) is 0.861. The van der Waals surface area contributed by atoms with E-state index in [0.29, 0.717) is 0 Å². The molecule has 0 spiro atoms. The third-order valence-corrected chi connectivity index (χ3v) is 1.49. The Morgan fingerprint density at radius 3 is 2.33 bits per heavy atom. The van der Waals surface area contributed by atoms with Gasteiger partial charge in [-0.05, 0) is 0 Å². The molecule has 6 nitrogen and oxygen atoms in total. The van der Waals surface area contributed by atoms with Crippen LogP contribution in [0.2, 0.25) is 0 Å². The van der Waals surface area contributed by atoms with E-state index < -0.39 is 5.09 Å². The van der Waals surface area contributed by atoms with Gasteiger partial charge in [-0.15, -0.1) is 10.1 Å². The van der Waals surface area contributed by atoms with Crippen LogP contribution in [0.3, 0.4) is 0 Å². The Labute approximate surface area is 90.8 Å². The molecule has 12 heavy (non-hydrogen) atoms. The summed E-state index contributed by atoms with van der Waals surface area (Å²) >= 11 is 1.41. The van der Waals surface area contributed by atoms with Gasteiger partial charge < -0.3 is 8.06 Å². The molecule has 1 rings (SSSR count). The molecular formula is C4H8MgN2O4S. The van der Waals surface area contributed by atoms with Crippen LogP contribution in [0.1, 0.15) is 2.85 Å². The van der Waals surface area contributed by atoms with Crippen molar-refractivity contribution in [2.75, 3.05) is 0 Å². The van der Waals surface area contributed by atoms with Gasteiger partial charge in [0.25, 0.3) is 10.6 Å². The van der Waals surface area contributed by atoms with Crippen molar-refractivity contribution >= 4 is 34.6 Å². The Kier molecular flexibility index (Phi) is 8.22. The van der Waals surface area contributed by atoms with E-state index in [4.69, 9.17) is 15.3 Å². The minimum Gasteiger partial charge on any atom is -1.00 e. The van der Waals surface area contributed by atoms with Crippen LogP contribution < -0.4 is 5.56 Å². The predicted molar refractivity (Wildman–Crippen MR) is 46.3 cm³/mol. The topological polar surface area (TPSA) is 85.4 Å². The van der Waals surface area contributed by atoms with Gasteiger partial charge in [0.1, 0.15) is 0 Å². The number of hydrogen-bond acceptors (Lipinski definition) is 4. The quantitative estimate of drug-likeness (QED) is 0.365. The molecule has 1 heterocycles. The number of aromatic nitrogens is 1. The third-order valence-electron chi connectivity index (χ3n) is 0.740. The van der Waals surface area contributed by atoms with E-state index in [0.717, 1.165) is 0 Å². The van der Waals surface area contributed by atoms with E-state index in [1.165, 1.54) is 11.5 Å². The van der Waals surface area contributed by atoms with Crippen LogP contribution in [0.15, 0.2) is 16.2 Å². The van der Waals surface area contributed by atoms with Crippen molar-refractivity contribution in [1.29, 1.82) is 0 Å². The van der Waals surface area contributed by atoms with E-state index in [2.05, 4.69) is 0 Å². The van der Waals surface area contributed by atoms with Gasteiger partial charge in [0.15, 0.2) is 0 Å². The second kappa shape index (κ2) is 7.07. The molecule has 0 bridgehead atoms. The molecule has 1 aromatic heterocycles. The van der Waals surface area contributed by atoms with E-state index in [9.17, 15) is 4.79 Å². The van der Waals surface area contributed by atoms with Gasteiger partial charge in [0.05, 0.1) is 0 Å². The smallest absolute Gasteiger partial charge is 1.00 e. The summed E-state index contributed by atoms with van der Waals surface area (Å²) in [7, 11) is 1.74. The van der Waals surface area contributed by atoms with Crippen LogP contribution in [0.4, 0.5) is 0 Å². The molecule has 0 aliphatic rings. The van der Waals surface area contributed by atoms with Crippen LogP contribution in [-0.4, -0.2) is 37.3 Å². The van der Waals surface area contributed by atoms with Crippen molar-refractivity contribution in [1.82, 2.24) is 3.96 Å². The molecule has 0 fully saturated rings. The maximum atomic E-state index is 10.4. The molecule has 0 unspecified atom stereocenters. The molecular weight excluding hydrogens is 196 g/mol. The molecule has 66 valence electrons. The molecule has 0 amide bonds. The standard InChI is InChI=1S/C4H5NOS.Mg.HNO3.2H/c1-5-4(6)2-3-7-5;;2-1(3)4;;/h2-3H,1H3;;(H,2,3,4);;/q;+2;;2*-1. The fourth-order valence-electron chi connectivity index (χ4n) is 0.337. The second-order valence-electron chi connectivity index (χ2n) is 1.48. The summed E-state index contributed by atoms with van der Waals surface area (Å²) in [6, 6.07) is 1.55. The first kappa shape index (κ1) is 14.0. The summed E-state index contributed by atoms with van der Waals surface area (Å²) in [5.41, 5.74) is 0.0741. The number of aryl methyl sites for hydroxylation is 1. The summed E-state index contributed by atoms with van der Waals surface area (Å²) in [5, 5.41) is 15.4. The van der Waals surface area contributed by atoms with Crippen LogP contribution in [0.5, 0.6) is 0 Å². The van der Waals surface area contributed by atoms with E-state index >= 15 is 0 Å². The Morgan fingerprint density at radius 2 is 2.25 bits per heavy atom. The van der Waals surface area contributed by atoms with E-state index in [-0.39, 0.29) is 31.5 Å². The van der Waals surface area contributed by atoms with Gasteiger partial charge >= 0.3 is 23.1 Å². The Hall–Kier alpha value is -0.604. The summed E-state index contributed by atoms with van der Waals surface area (Å²) in [4.78, 5) is 18.8. The maximum Gasteiger partial charge on any atom is 2.00 e. The summed E-state index contributed by atoms with van der Waals surface area (Å²) in [6.45, 7) is 0. The van der Waals surface area contributed by atoms with Crippen LogP contribution >= 0.6 is 11.5 Å². The summed E-state index contributed by atoms with van der Waals surface area (Å²) in [5.74, 6) is 0. The molecule has 0 radical (unpaired) electrons. The Balaban J connectivity index is -0.0000000650. The molecule has 1 N–H and O–H groups in total. The predicted octanol–water partition coefficient (Wildman–Crippen LogP) is -0.0567. The largest absolute Gasteiger partial charge is 2.00 e. The van der Waals surface area contributed by atoms with Gasteiger partial charge in [0.2, 0.25) is 0 Å².